The Morgan fingerprint density at radius 1 is 1.35 bits per heavy atom. The van der Waals surface area contributed by atoms with Crippen molar-refractivity contribution in [3.63, 3.8) is 0 Å². The normalized spacial score (nSPS) is 10.5. The van der Waals surface area contributed by atoms with Crippen LogP contribution in [0.4, 0.5) is 9.39 Å². The van der Waals surface area contributed by atoms with Crippen LogP contribution < -0.4 is 5.73 Å². The number of aryl methyl sites for hydroxylation is 1. The lowest BCUT2D eigenvalue weighted by Gasteiger charge is -2.08. The summed E-state index contributed by atoms with van der Waals surface area (Å²) in [6.07, 6.45) is 0. The Labute approximate surface area is 184 Å². The first-order chi connectivity index (χ1) is 14.8. The van der Waals surface area contributed by atoms with E-state index in [-0.39, 0.29) is 55.2 Å². The minimum Gasteiger partial charge on any atom is -0.462 e. The molecule has 8 nitrogen and oxygen atoms in total. The zero-order valence-corrected chi connectivity index (χ0v) is 17.9. The van der Waals surface area contributed by atoms with Crippen LogP contribution in [0, 0.1) is 24.1 Å². The molecule has 0 aliphatic carbocycles. The van der Waals surface area contributed by atoms with E-state index < -0.39 is 24.4 Å². The number of carbonyl (C=O) groups is 2. The van der Waals surface area contributed by atoms with Crippen molar-refractivity contribution < 1.29 is 28.0 Å². The summed E-state index contributed by atoms with van der Waals surface area (Å²) >= 11 is 6.94. The van der Waals surface area contributed by atoms with Crippen LogP contribution in [0.2, 0.25) is 5.02 Å². The third-order valence-corrected chi connectivity index (χ3v) is 5.58. The summed E-state index contributed by atoms with van der Waals surface area (Å²) in [6.45, 7) is 2.75. The zero-order chi connectivity index (χ0) is 22.7. The summed E-state index contributed by atoms with van der Waals surface area (Å²) in [4.78, 5) is 25.1. The van der Waals surface area contributed by atoms with Gasteiger partial charge in [0, 0.05) is 5.56 Å². The van der Waals surface area contributed by atoms with Crippen molar-refractivity contribution in [2.45, 2.75) is 20.5 Å². The number of ether oxygens (including phenoxy) is 2. The number of halogens is 2. The molecule has 0 amide bonds. The quantitative estimate of drug-likeness (QED) is 0.529. The Hall–Kier alpha value is -3.42. The van der Waals surface area contributed by atoms with Crippen LogP contribution >= 0.6 is 22.9 Å². The first-order valence-corrected chi connectivity index (χ1v) is 10.1. The molecular formula is C20H15ClFN3O5S. The van der Waals surface area contributed by atoms with Crippen molar-refractivity contribution in [2.24, 2.45) is 0 Å². The number of nitriles is 1. The monoisotopic (exact) mass is 463 g/mol. The number of nitrogens with two attached hydrogens (primary N) is 1. The van der Waals surface area contributed by atoms with E-state index in [9.17, 15) is 19.2 Å². The van der Waals surface area contributed by atoms with Crippen molar-refractivity contribution >= 4 is 39.9 Å². The van der Waals surface area contributed by atoms with Crippen LogP contribution in [0.15, 0.2) is 22.7 Å². The second-order valence-corrected chi connectivity index (χ2v) is 7.58. The van der Waals surface area contributed by atoms with Crippen molar-refractivity contribution in [1.82, 2.24) is 5.16 Å². The molecule has 0 aliphatic heterocycles. The van der Waals surface area contributed by atoms with Gasteiger partial charge in [0.05, 0.1) is 22.8 Å². The molecule has 0 saturated carbocycles. The minimum atomic E-state index is -0.906. The van der Waals surface area contributed by atoms with Gasteiger partial charge in [-0.1, -0.05) is 22.8 Å². The Bertz CT molecular complexity index is 1190. The number of hydrogen-bond acceptors (Lipinski definition) is 9. The largest absolute Gasteiger partial charge is 0.462 e. The van der Waals surface area contributed by atoms with Crippen LogP contribution in [0.5, 0.6) is 0 Å². The number of nitrogen functional groups attached to an aromatic ring is 1. The number of rotatable bonds is 6. The SMILES string of the molecule is CCOC(=O)c1sc(N)c(C#N)c1COC(=O)c1c(-c2c(F)cccc2Cl)noc1C. The zero-order valence-electron chi connectivity index (χ0n) is 16.3. The van der Waals surface area contributed by atoms with Crippen molar-refractivity contribution in [3.05, 3.63) is 56.4 Å². The van der Waals surface area contributed by atoms with Crippen molar-refractivity contribution in [2.75, 3.05) is 12.3 Å². The van der Waals surface area contributed by atoms with Crippen LogP contribution in [-0.4, -0.2) is 23.7 Å². The van der Waals surface area contributed by atoms with Gasteiger partial charge >= 0.3 is 11.9 Å². The summed E-state index contributed by atoms with van der Waals surface area (Å²) in [7, 11) is 0. The van der Waals surface area contributed by atoms with Gasteiger partial charge in [0.15, 0.2) is 0 Å². The Balaban J connectivity index is 1.94. The molecule has 2 heterocycles. The third-order valence-electron chi connectivity index (χ3n) is 4.22. The summed E-state index contributed by atoms with van der Waals surface area (Å²) in [5, 5.41) is 13.2. The van der Waals surface area contributed by atoms with Gasteiger partial charge < -0.3 is 19.7 Å². The average Bonchev–Trinajstić information content (AvgIpc) is 3.25. The summed E-state index contributed by atoms with van der Waals surface area (Å²) < 4.78 is 29.7. The molecule has 0 fully saturated rings. The van der Waals surface area contributed by atoms with E-state index in [1.165, 1.54) is 25.1 Å². The molecule has 2 aromatic heterocycles. The van der Waals surface area contributed by atoms with Gasteiger partial charge in [0.25, 0.3) is 0 Å². The minimum absolute atomic E-state index is 0.0141. The van der Waals surface area contributed by atoms with Gasteiger partial charge in [0.2, 0.25) is 0 Å². The molecule has 11 heteroatoms. The molecule has 0 unspecified atom stereocenters. The molecule has 0 bridgehead atoms. The lowest BCUT2D eigenvalue weighted by atomic mass is 10.1. The number of aromatic nitrogens is 1. The molecule has 0 spiro atoms. The molecule has 0 radical (unpaired) electrons. The Kier molecular flexibility index (Phi) is 6.58. The standard InChI is InChI=1S/C20H15ClFN3O5S/c1-3-28-20(27)17-11(10(7-23)18(24)31-17)8-29-19(26)14-9(2)30-25-16(14)15-12(21)5-4-6-13(15)22/h4-6H,3,8,24H2,1-2H3. The predicted octanol–water partition coefficient (Wildman–Crippen LogP) is 4.49. The highest BCUT2D eigenvalue weighted by atomic mass is 35.5. The molecule has 0 saturated heterocycles. The van der Waals surface area contributed by atoms with Crippen LogP contribution in [-0.2, 0) is 16.1 Å². The highest BCUT2D eigenvalue weighted by Crippen LogP contribution is 2.35. The fourth-order valence-electron chi connectivity index (χ4n) is 2.82. The lowest BCUT2D eigenvalue weighted by molar-refractivity contribution is 0.0451. The number of hydrogen-bond donors (Lipinski definition) is 1. The maximum absolute atomic E-state index is 14.3. The summed E-state index contributed by atoms with van der Waals surface area (Å²) in [6, 6.07) is 5.91. The van der Waals surface area contributed by atoms with Crippen molar-refractivity contribution in [1.29, 1.82) is 5.26 Å². The van der Waals surface area contributed by atoms with Crippen LogP contribution in [0.1, 0.15) is 43.8 Å². The second-order valence-electron chi connectivity index (χ2n) is 6.12. The van der Waals surface area contributed by atoms with Gasteiger partial charge in [-0.2, -0.15) is 5.26 Å². The van der Waals surface area contributed by atoms with E-state index in [1.54, 1.807) is 6.92 Å². The number of nitrogens with zero attached hydrogens (tertiary/aromatic N) is 2. The van der Waals surface area contributed by atoms with E-state index in [1.807, 2.05) is 6.07 Å². The first kappa shape index (κ1) is 22.3. The number of benzene rings is 1. The molecule has 31 heavy (non-hydrogen) atoms. The fourth-order valence-corrected chi connectivity index (χ4v) is 3.99. The maximum Gasteiger partial charge on any atom is 0.348 e. The topological polar surface area (TPSA) is 128 Å². The summed E-state index contributed by atoms with van der Waals surface area (Å²) in [5.74, 6) is -2.21. The maximum atomic E-state index is 14.3. The molecule has 2 N–H and O–H groups in total. The van der Waals surface area contributed by atoms with E-state index in [0.717, 1.165) is 11.3 Å². The molecule has 3 rings (SSSR count). The van der Waals surface area contributed by atoms with E-state index >= 15 is 0 Å². The summed E-state index contributed by atoms with van der Waals surface area (Å²) in [5.41, 5.74) is 5.58. The molecular weight excluding hydrogens is 449 g/mol. The fraction of sp³-hybridized carbons (Fsp3) is 0.200. The van der Waals surface area contributed by atoms with E-state index in [4.69, 9.17) is 31.3 Å². The predicted molar refractivity (Wildman–Crippen MR) is 110 cm³/mol. The number of anilines is 1. The van der Waals surface area contributed by atoms with Crippen LogP contribution in [0.3, 0.4) is 0 Å². The second kappa shape index (κ2) is 9.16. The van der Waals surface area contributed by atoms with Crippen LogP contribution in [0.25, 0.3) is 11.3 Å². The van der Waals surface area contributed by atoms with Gasteiger partial charge in [-0.3, -0.25) is 0 Å². The number of esters is 2. The lowest BCUT2D eigenvalue weighted by Crippen LogP contribution is -2.11. The Morgan fingerprint density at radius 3 is 2.74 bits per heavy atom. The third kappa shape index (κ3) is 4.23. The molecule has 1 aromatic carbocycles. The highest BCUT2D eigenvalue weighted by Gasteiger charge is 2.28. The molecule has 0 aliphatic rings. The van der Waals surface area contributed by atoms with E-state index in [2.05, 4.69) is 5.16 Å². The smallest absolute Gasteiger partial charge is 0.348 e. The Morgan fingerprint density at radius 2 is 2.10 bits per heavy atom. The van der Waals surface area contributed by atoms with E-state index in [0.29, 0.717) is 0 Å². The number of carbonyl (C=O) groups excluding carboxylic acids is 2. The molecule has 160 valence electrons. The molecule has 0 atom stereocenters. The first-order valence-electron chi connectivity index (χ1n) is 8.86. The van der Waals surface area contributed by atoms with Gasteiger partial charge in [-0.05, 0) is 26.0 Å². The molecule has 3 aromatic rings. The average molecular weight is 464 g/mol. The van der Waals surface area contributed by atoms with Gasteiger partial charge in [0.1, 0.15) is 45.4 Å². The van der Waals surface area contributed by atoms with Gasteiger partial charge in [-0.15, -0.1) is 11.3 Å². The van der Waals surface area contributed by atoms with Gasteiger partial charge in [-0.25, -0.2) is 14.0 Å². The highest BCUT2D eigenvalue weighted by molar-refractivity contribution is 7.18. The number of thiophene rings is 1. The van der Waals surface area contributed by atoms with Crippen molar-refractivity contribution in [3.8, 4) is 17.3 Å².